The summed E-state index contributed by atoms with van der Waals surface area (Å²) in [6, 6.07) is 10.3. The molecule has 5 nitrogen and oxygen atoms in total. The number of halogens is 2. The van der Waals surface area contributed by atoms with Crippen LogP contribution in [-0.2, 0) is 11.3 Å². The second kappa shape index (κ2) is 7.53. The highest BCUT2D eigenvalue weighted by Gasteiger charge is 2.12. The Bertz CT molecular complexity index is 731. The van der Waals surface area contributed by atoms with E-state index < -0.39 is 12.7 Å². The molecule has 1 heterocycles. The number of aromatic nitrogens is 1. The maximum absolute atomic E-state index is 12.2. The first-order valence-electron chi connectivity index (χ1n) is 6.95. The Hall–Kier alpha value is -2.70. The van der Waals surface area contributed by atoms with Crippen LogP contribution in [0.1, 0.15) is 18.5 Å². The molecule has 2 rings (SSSR count). The topological polar surface area (TPSA) is 60.3 Å². The van der Waals surface area contributed by atoms with E-state index >= 15 is 0 Å². The average molecular weight is 322 g/mol. The molecule has 0 bridgehead atoms. The number of alkyl halides is 2. The molecule has 1 N–H and O–H groups in total. The van der Waals surface area contributed by atoms with E-state index in [9.17, 15) is 18.4 Å². The summed E-state index contributed by atoms with van der Waals surface area (Å²) in [4.78, 5) is 23.5. The highest BCUT2D eigenvalue weighted by molar-refractivity contribution is 5.76. The van der Waals surface area contributed by atoms with E-state index in [0.717, 1.165) is 0 Å². The minimum atomic E-state index is -2.90. The summed E-state index contributed by atoms with van der Waals surface area (Å²) in [5.41, 5.74) is 0.347. The Kier molecular flexibility index (Phi) is 5.46. The van der Waals surface area contributed by atoms with Gasteiger partial charge in [0.15, 0.2) is 0 Å². The number of pyridine rings is 1. The van der Waals surface area contributed by atoms with Gasteiger partial charge in [0.05, 0.1) is 6.04 Å². The fraction of sp³-hybridized carbons (Fsp3) is 0.250. The smallest absolute Gasteiger partial charge is 0.387 e. The first-order valence-corrected chi connectivity index (χ1v) is 6.95. The lowest BCUT2D eigenvalue weighted by Crippen LogP contribution is -2.33. The van der Waals surface area contributed by atoms with Gasteiger partial charge in [-0.1, -0.05) is 18.2 Å². The Morgan fingerprint density at radius 1 is 1.26 bits per heavy atom. The molecule has 0 saturated carbocycles. The maximum atomic E-state index is 12.2. The van der Waals surface area contributed by atoms with E-state index in [4.69, 9.17) is 0 Å². The van der Waals surface area contributed by atoms with Gasteiger partial charge in [0.1, 0.15) is 12.3 Å². The first kappa shape index (κ1) is 16.7. The number of amides is 1. The molecule has 23 heavy (non-hydrogen) atoms. The van der Waals surface area contributed by atoms with E-state index in [1.807, 2.05) is 0 Å². The van der Waals surface area contributed by atoms with E-state index in [1.165, 1.54) is 29.0 Å². The molecule has 0 aliphatic carbocycles. The molecule has 0 radical (unpaired) electrons. The molecule has 0 saturated heterocycles. The number of carbonyl (C=O) groups is 1. The third-order valence-electron chi connectivity index (χ3n) is 3.17. The number of rotatable bonds is 6. The Morgan fingerprint density at radius 3 is 2.74 bits per heavy atom. The Morgan fingerprint density at radius 2 is 2.04 bits per heavy atom. The number of carbonyl (C=O) groups excluding carboxylic acids is 1. The molecule has 122 valence electrons. The largest absolute Gasteiger partial charge is 0.435 e. The summed E-state index contributed by atoms with van der Waals surface area (Å²) < 4.78 is 30.0. The summed E-state index contributed by atoms with van der Waals surface area (Å²) in [5.74, 6) is -0.330. The van der Waals surface area contributed by atoms with Crippen molar-refractivity contribution in [3.05, 3.63) is 64.6 Å². The van der Waals surface area contributed by atoms with Gasteiger partial charge < -0.3 is 14.6 Å². The van der Waals surface area contributed by atoms with Crippen molar-refractivity contribution in [3.8, 4) is 5.75 Å². The van der Waals surface area contributed by atoms with Gasteiger partial charge in [0.25, 0.3) is 5.56 Å². The van der Waals surface area contributed by atoms with Crippen molar-refractivity contribution in [2.75, 3.05) is 0 Å². The van der Waals surface area contributed by atoms with E-state index in [-0.39, 0.29) is 23.8 Å². The van der Waals surface area contributed by atoms with Crippen molar-refractivity contribution in [1.29, 1.82) is 0 Å². The van der Waals surface area contributed by atoms with E-state index in [0.29, 0.717) is 5.56 Å². The lowest BCUT2D eigenvalue weighted by atomic mass is 10.1. The summed E-state index contributed by atoms with van der Waals surface area (Å²) in [6.07, 6.45) is 1.52. The fourth-order valence-corrected chi connectivity index (χ4v) is 2.08. The van der Waals surface area contributed by atoms with Gasteiger partial charge in [0.2, 0.25) is 5.91 Å². The van der Waals surface area contributed by atoms with Gasteiger partial charge in [-0.15, -0.1) is 0 Å². The van der Waals surface area contributed by atoms with Gasteiger partial charge >= 0.3 is 6.61 Å². The number of nitrogens with zero attached hydrogens (tertiary/aromatic N) is 1. The Labute approximate surface area is 131 Å². The van der Waals surface area contributed by atoms with Crippen molar-refractivity contribution < 1.29 is 18.3 Å². The summed E-state index contributed by atoms with van der Waals surface area (Å²) in [6.45, 7) is -1.30. The molecule has 1 aromatic heterocycles. The number of hydrogen-bond donors (Lipinski definition) is 1. The maximum Gasteiger partial charge on any atom is 0.387 e. The average Bonchev–Trinajstić information content (AvgIpc) is 2.49. The lowest BCUT2D eigenvalue weighted by Gasteiger charge is -2.16. The SMILES string of the molecule is C[C@H](NC(=O)Cn1ccccc1=O)c1cccc(OC(F)F)c1. The van der Waals surface area contributed by atoms with Crippen LogP contribution >= 0.6 is 0 Å². The third kappa shape index (κ3) is 4.91. The molecule has 1 atom stereocenters. The molecular formula is C16H16F2N2O3. The second-order valence-electron chi connectivity index (χ2n) is 4.91. The van der Waals surface area contributed by atoms with Crippen molar-refractivity contribution >= 4 is 5.91 Å². The van der Waals surface area contributed by atoms with Gasteiger partial charge in [-0.3, -0.25) is 9.59 Å². The van der Waals surface area contributed by atoms with E-state index in [2.05, 4.69) is 10.1 Å². The Balaban J connectivity index is 2.01. The number of hydrogen-bond acceptors (Lipinski definition) is 3. The fourth-order valence-electron chi connectivity index (χ4n) is 2.08. The molecular weight excluding hydrogens is 306 g/mol. The zero-order chi connectivity index (χ0) is 16.8. The summed E-state index contributed by atoms with van der Waals surface area (Å²) in [7, 11) is 0. The van der Waals surface area contributed by atoms with Crippen LogP contribution < -0.4 is 15.6 Å². The molecule has 0 spiro atoms. The highest BCUT2D eigenvalue weighted by atomic mass is 19.3. The summed E-state index contributed by atoms with van der Waals surface area (Å²) in [5, 5.41) is 2.71. The van der Waals surface area contributed by atoms with Crippen LogP contribution in [0.5, 0.6) is 5.75 Å². The predicted molar refractivity (Wildman–Crippen MR) is 80.3 cm³/mol. The van der Waals surface area contributed by atoms with E-state index in [1.54, 1.807) is 31.2 Å². The second-order valence-corrected chi connectivity index (χ2v) is 4.91. The minimum Gasteiger partial charge on any atom is -0.435 e. The minimum absolute atomic E-state index is 0.0258. The van der Waals surface area contributed by atoms with Gasteiger partial charge in [-0.25, -0.2) is 0 Å². The molecule has 1 amide bonds. The van der Waals surface area contributed by atoms with Crippen LogP contribution in [0.15, 0.2) is 53.5 Å². The quantitative estimate of drug-likeness (QED) is 0.888. The van der Waals surface area contributed by atoms with Crippen molar-refractivity contribution in [3.63, 3.8) is 0 Å². The van der Waals surface area contributed by atoms with Crippen molar-refractivity contribution in [1.82, 2.24) is 9.88 Å². The molecule has 0 unspecified atom stereocenters. The highest BCUT2D eigenvalue weighted by Crippen LogP contribution is 2.20. The van der Waals surface area contributed by atoms with Gasteiger partial charge in [0, 0.05) is 12.3 Å². The third-order valence-corrected chi connectivity index (χ3v) is 3.17. The van der Waals surface area contributed by atoms with Crippen LogP contribution in [0.2, 0.25) is 0 Å². The van der Waals surface area contributed by atoms with Crippen LogP contribution in [-0.4, -0.2) is 17.1 Å². The zero-order valence-electron chi connectivity index (χ0n) is 12.4. The van der Waals surface area contributed by atoms with Crippen LogP contribution in [0.4, 0.5) is 8.78 Å². The molecule has 1 aromatic carbocycles. The molecule has 0 aliphatic heterocycles. The van der Waals surface area contributed by atoms with Crippen LogP contribution in [0.3, 0.4) is 0 Å². The van der Waals surface area contributed by atoms with Crippen molar-refractivity contribution in [2.24, 2.45) is 0 Å². The molecule has 2 aromatic rings. The number of ether oxygens (including phenoxy) is 1. The summed E-state index contributed by atoms with van der Waals surface area (Å²) >= 11 is 0. The number of nitrogens with one attached hydrogen (secondary N) is 1. The van der Waals surface area contributed by atoms with Gasteiger partial charge in [-0.05, 0) is 30.7 Å². The zero-order valence-corrected chi connectivity index (χ0v) is 12.4. The van der Waals surface area contributed by atoms with Crippen molar-refractivity contribution in [2.45, 2.75) is 26.1 Å². The molecule has 0 aliphatic rings. The van der Waals surface area contributed by atoms with Crippen LogP contribution in [0.25, 0.3) is 0 Å². The number of benzene rings is 1. The lowest BCUT2D eigenvalue weighted by molar-refractivity contribution is -0.122. The first-order chi connectivity index (χ1) is 11.0. The van der Waals surface area contributed by atoms with Gasteiger partial charge in [-0.2, -0.15) is 8.78 Å². The molecule has 0 fully saturated rings. The normalized spacial score (nSPS) is 12.0. The monoisotopic (exact) mass is 322 g/mol. The van der Waals surface area contributed by atoms with Crippen LogP contribution in [0, 0.1) is 0 Å². The predicted octanol–water partition coefficient (Wildman–Crippen LogP) is 2.33. The standard InChI is InChI=1S/C16H16F2N2O3/c1-11(12-5-4-6-13(9-12)23-16(17)18)19-14(21)10-20-8-3-2-7-15(20)22/h2-9,11,16H,10H2,1H3,(H,19,21)/t11-/m0/s1. The molecule has 7 heteroatoms.